The molecular weight excluding hydrogens is 471 g/mol. The summed E-state index contributed by atoms with van der Waals surface area (Å²) in [5.41, 5.74) is 4.22. The van der Waals surface area contributed by atoms with Gasteiger partial charge in [0.15, 0.2) is 5.58 Å². The van der Waals surface area contributed by atoms with Crippen LogP contribution in [0.25, 0.3) is 28.6 Å². The molecule has 0 saturated carbocycles. The number of anilines is 1. The second-order valence-corrected chi connectivity index (χ2v) is 8.27. The maximum atomic E-state index is 12.5. The Morgan fingerprint density at radius 1 is 1.06 bits per heavy atom. The number of hydrogen-bond acceptors (Lipinski definition) is 4. The molecule has 0 atom stereocenters. The van der Waals surface area contributed by atoms with Gasteiger partial charge in [0, 0.05) is 22.2 Å². The number of halogens is 3. The summed E-state index contributed by atoms with van der Waals surface area (Å²) in [5, 5.41) is 3.93. The topological polar surface area (TPSA) is 64.4 Å². The van der Waals surface area contributed by atoms with Crippen LogP contribution in [0, 0.1) is 6.92 Å². The van der Waals surface area contributed by atoms with E-state index in [0.29, 0.717) is 49.1 Å². The average Bonchev–Trinajstić information content (AvgIpc) is 3.16. The van der Waals surface area contributed by atoms with E-state index in [1.807, 2.05) is 25.1 Å². The van der Waals surface area contributed by atoms with Gasteiger partial charge < -0.3 is 14.5 Å². The number of aryl methyl sites for hydroxylation is 1. The molecule has 1 N–H and O–H groups in total. The molecule has 5 nitrogen and oxygen atoms in total. The fraction of sp³-hybridized carbons (Fsp3) is 0.0833. The number of benzene rings is 3. The van der Waals surface area contributed by atoms with Gasteiger partial charge in [-0.2, -0.15) is 0 Å². The molecule has 1 heterocycles. The molecule has 0 radical (unpaired) electrons. The third-order valence-electron chi connectivity index (χ3n) is 4.67. The lowest BCUT2D eigenvalue weighted by Gasteiger charge is -2.08. The van der Waals surface area contributed by atoms with Gasteiger partial charge in [0.25, 0.3) is 0 Å². The number of carbonyl (C=O) groups excluding carboxylic acids is 1. The number of nitrogens with zero attached hydrogens (tertiary/aromatic N) is 1. The molecule has 0 saturated heterocycles. The number of carbonyl (C=O) groups is 1. The number of amides is 1. The minimum Gasteiger partial charge on any atom is -0.495 e. The van der Waals surface area contributed by atoms with Crippen LogP contribution in [0.5, 0.6) is 5.75 Å². The smallest absolute Gasteiger partial charge is 0.248 e. The number of rotatable bonds is 5. The summed E-state index contributed by atoms with van der Waals surface area (Å²) < 4.78 is 11.1. The summed E-state index contributed by atoms with van der Waals surface area (Å²) in [6, 6.07) is 14.2. The summed E-state index contributed by atoms with van der Waals surface area (Å²) in [5.74, 6) is 0.466. The van der Waals surface area contributed by atoms with Gasteiger partial charge in [0.05, 0.1) is 22.8 Å². The molecule has 0 unspecified atom stereocenters. The number of hydrogen-bond donors (Lipinski definition) is 1. The van der Waals surface area contributed by atoms with Crippen LogP contribution in [0.1, 0.15) is 11.1 Å². The van der Waals surface area contributed by atoms with Crippen molar-refractivity contribution < 1.29 is 13.9 Å². The molecule has 0 bridgehead atoms. The molecule has 1 aromatic heterocycles. The molecule has 32 heavy (non-hydrogen) atoms. The first-order chi connectivity index (χ1) is 15.3. The van der Waals surface area contributed by atoms with Gasteiger partial charge in [-0.1, -0.05) is 40.9 Å². The highest BCUT2D eigenvalue weighted by Crippen LogP contribution is 2.33. The summed E-state index contributed by atoms with van der Waals surface area (Å²) in [4.78, 5) is 17.1. The van der Waals surface area contributed by atoms with Gasteiger partial charge in [0.2, 0.25) is 11.8 Å². The molecule has 0 spiro atoms. The molecule has 0 aliphatic carbocycles. The van der Waals surface area contributed by atoms with Crippen LogP contribution in [0.15, 0.2) is 59.0 Å². The monoisotopic (exact) mass is 486 g/mol. The zero-order valence-electron chi connectivity index (χ0n) is 17.1. The van der Waals surface area contributed by atoms with Crippen LogP contribution in [0.2, 0.25) is 15.1 Å². The Morgan fingerprint density at radius 3 is 2.66 bits per heavy atom. The first-order valence-electron chi connectivity index (χ1n) is 9.53. The summed E-state index contributed by atoms with van der Waals surface area (Å²) in [7, 11) is 1.49. The maximum absolute atomic E-state index is 12.5. The quantitative estimate of drug-likeness (QED) is 0.297. The zero-order chi connectivity index (χ0) is 22.8. The van der Waals surface area contributed by atoms with E-state index in [1.54, 1.807) is 36.4 Å². The van der Waals surface area contributed by atoms with Gasteiger partial charge in [-0.05, 0) is 61.0 Å². The van der Waals surface area contributed by atoms with Crippen LogP contribution < -0.4 is 10.1 Å². The Labute approximate surface area is 199 Å². The van der Waals surface area contributed by atoms with Crippen LogP contribution in [0.4, 0.5) is 5.69 Å². The normalized spacial score (nSPS) is 11.3. The van der Waals surface area contributed by atoms with Crippen molar-refractivity contribution in [1.82, 2.24) is 4.98 Å². The van der Waals surface area contributed by atoms with Crippen LogP contribution >= 0.6 is 34.8 Å². The van der Waals surface area contributed by atoms with E-state index in [2.05, 4.69) is 10.3 Å². The van der Waals surface area contributed by atoms with Crippen molar-refractivity contribution in [2.45, 2.75) is 6.92 Å². The number of nitrogens with one attached hydrogen (secondary N) is 1. The van der Waals surface area contributed by atoms with E-state index < -0.39 is 5.91 Å². The second kappa shape index (κ2) is 9.25. The molecule has 0 fully saturated rings. The third-order valence-corrected chi connectivity index (χ3v) is 5.50. The van der Waals surface area contributed by atoms with Crippen molar-refractivity contribution in [3.8, 4) is 17.2 Å². The van der Waals surface area contributed by atoms with Gasteiger partial charge in [-0.3, -0.25) is 4.79 Å². The minimum atomic E-state index is -0.393. The van der Waals surface area contributed by atoms with Crippen molar-refractivity contribution in [3.05, 3.63) is 80.8 Å². The molecule has 0 aliphatic rings. The molecule has 3 aromatic carbocycles. The van der Waals surface area contributed by atoms with Gasteiger partial charge in [-0.15, -0.1) is 0 Å². The first kappa shape index (κ1) is 22.2. The predicted octanol–water partition coefficient (Wildman–Crippen LogP) is 7.42. The van der Waals surface area contributed by atoms with E-state index in [1.165, 1.54) is 13.2 Å². The van der Waals surface area contributed by atoms with Crippen LogP contribution in [0.3, 0.4) is 0 Å². The van der Waals surface area contributed by atoms with E-state index in [4.69, 9.17) is 44.0 Å². The highest BCUT2D eigenvalue weighted by atomic mass is 35.5. The van der Waals surface area contributed by atoms with E-state index >= 15 is 0 Å². The fourth-order valence-electron chi connectivity index (χ4n) is 3.17. The average molecular weight is 488 g/mol. The predicted molar refractivity (Wildman–Crippen MR) is 130 cm³/mol. The lowest BCUT2D eigenvalue weighted by Crippen LogP contribution is -2.08. The van der Waals surface area contributed by atoms with Crippen molar-refractivity contribution in [2.24, 2.45) is 0 Å². The number of oxazole rings is 1. The van der Waals surface area contributed by atoms with Gasteiger partial charge in [0.1, 0.15) is 11.3 Å². The highest BCUT2D eigenvalue weighted by molar-refractivity contribution is 6.36. The lowest BCUT2D eigenvalue weighted by atomic mass is 10.1. The van der Waals surface area contributed by atoms with E-state index in [0.717, 1.165) is 11.1 Å². The molecular formula is C24H17Cl3N2O3. The zero-order valence-corrected chi connectivity index (χ0v) is 19.3. The lowest BCUT2D eigenvalue weighted by molar-refractivity contribution is -0.111. The van der Waals surface area contributed by atoms with Crippen LogP contribution in [-0.4, -0.2) is 18.0 Å². The molecule has 8 heteroatoms. The third kappa shape index (κ3) is 4.75. The molecule has 162 valence electrons. The Morgan fingerprint density at radius 2 is 1.88 bits per heavy atom. The molecule has 4 rings (SSSR count). The number of fused-ring (bicyclic) bond motifs is 1. The first-order valence-corrected chi connectivity index (χ1v) is 10.7. The maximum Gasteiger partial charge on any atom is 0.248 e. The number of methoxy groups -OCH3 is 1. The second-order valence-electron chi connectivity index (χ2n) is 7.02. The molecule has 0 aliphatic heterocycles. The minimum absolute atomic E-state index is 0.351. The summed E-state index contributed by atoms with van der Waals surface area (Å²) >= 11 is 18.5. The summed E-state index contributed by atoms with van der Waals surface area (Å²) in [6.07, 6.45) is 2.91. The highest BCUT2D eigenvalue weighted by Gasteiger charge is 2.12. The number of aromatic nitrogens is 1. The van der Waals surface area contributed by atoms with Gasteiger partial charge >= 0.3 is 0 Å². The van der Waals surface area contributed by atoms with E-state index in [9.17, 15) is 4.79 Å². The Bertz CT molecular complexity index is 1360. The van der Waals surface area contributed by atoms with Gasteiger partial charge in [-0.25, -0.2) is 4.98 Å². The molecule has 1 amide bonds. The summed E-state index contributed by atoms with van der Waals surface area (Å²) in [6.45, 7) is 1.99. The van der Waals surface area contributed by atoms with Crippen molar-refractivity contribution in [3.63, 3.8) is 0 Å². The van der Waals surface area contributed by atoms with Crippen molar-refractivity contribution in [1.29, 1.82) is 0 Å². The van der Waals surface area contributed by atoms with E-state index in [-0.39, 0.29) is 0 Å². The molecule has 4 aromatic rings. The largest absolute Gasteiger partial charge is 0.495 e. The SMILES string of the molecule is COc1c(Cl)cc(Cl)cc1/C=C/C(=O)Nc1cc(-c2nc3cc(C)ccc3o2)ccc1Cl. The van der Waals surface area contributed by atoms with Crippen LogP contribution in [-0.2, 0) is 4.79 Å². The van der Waals surface area contributed by atoms with Crippen molar-refractivity contribution >= 4 is 63.6 Å². The number of ether oxygens (including phenoxy) is 1. The Balaban J connectivity index is 1.58. The Kier molecular flexibility index (Phi) is 6.42. The Hall–Kier alpha value is -2.99. The standard InChI is InChI=1S/C24H17Cl3N2O3/c1-13-3-7-21-20(9-13)29-24(32-21)15-4-6-17(26)19(11-15)28-22(30)8-5-14-10-16(25)12-18(27)23(14)31-2/h3-12H,1-2H3,(H,28,30)/b8-5+. The fourth-order valence-corrected chi connectivity index (χ4v) is 3.93. The van der Waals surface area contributed by atoms with Crippen molar-refractivity contribution in [2.75, 3.05) is 12.4 Å².